The number of halogens is 2. The molecule has 0 aromatic heterocycles. The van der Waals surface area contributed by atoms with Crippen LogP contribution >= 0.6 is 23.2 Å². The summed E-state index contributed by atoms with van der Waals surface area (Å²) in [6.07, 6.45) is -1.10. The highest BCUT2D eigenvalue weighted by molar-refractivity contribution is 6.36. The van der Waals surface area contributed by atoms with Crippen LogP contribution in [0.15, 0.2) is 42.5 Å². The van der Waals surface area contributed by atoms with Crippen LogP contribution in [0.4, 0.5) is 11.4 Å². The van der Waals surface area contributed by atoms with E-state index in [1.54, 1.807) is 24.3 Å². The van der Waals surface area contributed by atoms with E-state index in [0.717, 1.165) is 0 Å². The largest absolute Gasteiger partial charge is 0.449 e. The SMILES string of the molecule is C[C@@H](OC(=O)c1ccc(Cl)cc1Cl)C(=O)N1CC(=O)Nc2ccccc21. The van der Waals surface area contributed by atoms with E-state index in [9.17, 15) is 14.4 Å². The third-order valence-electron chi connectivity index (χ3n) is 3.82. The molecule has 0 aliphatic carbocycles. The van der Waals surface area contributed by atoms with Crippen LogP contribution in [0, 0.1) is 0 Å². The standard InChI is InChI=1S/C18H14Cl2N2O4/c1-10(26-18(25)12-7-6-11(19)8-13(12)20)17(24)22-9-16(23)21-14-4-2-3-5-15(14)22/h2-8,10H,9H2,1H3,(H,21,23)/t10-/m1/s1. The number of hydrogen-bond acceptors (Lipinski definition) is 4. The summed E-state index contributed by atoms with van der Waals surface area (Å²) in [5.41, 5.74) is 1.17. The van der Waals surface area contributed by atoms with Gasteiger partial charge in [-0.25, -0.2) is 4.79 Å². The maximum absolute atomic E-state index is 12.7. The zero-order valence-corrected chi connectivity index (χ0v) is 15.2. The number of benzene rings is 2. The van der Waals surface area contributed by atoms with Gasteiger partial charge in [0, 0.05) is 5.02 Å². The van der Waals surface area contributed by atoms with E-state index in [2.05, 4.69) is 5.32 Å². The number of esters is 1. The van der Waals surface area contributed by atoms with Crippen molar-refractivity contribution >= 4 is 52.4 Å². The lowest BCUT2D eigenvalue weighted by atomic mass is 10.1. The molecule has 26 heavy (non-hydrogen) atoms. The molecule has 134 valence electrons. The van der Waals surface area contributed by atoms with Crippen LogP contribution < -0.4 is 10.2 Å². The van der Waals surface area contributed by atoms with E-state index < -0.39 is 18.0 Å². The summed E-state index contributed by atoms with van der Waals surface area (Å²) in [5, 5.41) is 3.20. The molecule has 0 unspecified atom stereocenters. The Morgan fingerprint density at radius 3 is 2.65 bits per heavy atom. The molecule has 0 saturated heterocycles. The first-order valence-corrected chi connectivity index (χ1v) is 8.48. The first-order chi connectivity index (χ1) is 12.4. The number of anilines is 2. The Labute approximate surface area is 159 Å². The highest BCUT2D eigenvalue weighted by atomic mass is 35.5. The van der Waals surface area contributed by atoms with Gasteiger partial charge in [-0.15, -0.1) is 0 Å². The molecule has 2 aromatic carbocycles. The highest BCUT2D eigenvalue weighted by Gasteiger charge is 2.31. The van der Waals surface area contributed by atoms with Gasteiger partial charge in [-0.05, 0) is 37.3 Å². The number of nitrogens with zero attached hydrogens (tertiary/aromatic N) is 1. The molecule has 0 saturated carbocycles. The third kappa shape index (κ3) is 3.66. The van der Waals surface area contributed by atoms with E-state index in [0.29, 0.717) is 16.4 Å². The summed E-state index contributed by atoms with van der Waals surface area (Å²) in [6.45, 7) is 1.29. The van der Waals surface area contributed by atoms with Crippen LogP contribution in [0.5, 0.6) is 0 Å². The van der Waals surface area contributed by atoms with Crippen molar-refractivity contribution in [1.29, 1.82) is 0 Å². The molecule has 8 heteroatoms. The quantitative estimate of drug-likeness (QED) is 0.810. The molecule has 1 heterocycles. The highest BCUT2D eigenvalue weighted by Crippen LogP contribution is 2.30. The predicted octanol–water partition coefficient (Wildman–Crippen LogP) is 3.52. The van der Waals surface area contributed by atoms with Gasteiger partial charge in [0.25, 0.3) is 5.91 Å². The van der Waals surface area contributed by atoms with E-state index in [1.807, 2.05) is 0 Å². The number of carbonyl (C=O) groups is 3. The summed E-state index contributed by atoms with van der Waals surface area (Å²) in [7, 11) is 0. The third-order valence-corrected chi connectivity index (χ3v) is 4.37. The number of ether oxygens (including phenoxy) is 1. The number of para-hydroxylation sites is 2. The first-order valence-electron chi connectivity index (χ1n) is 7.73. The van der Waals surface area contributed by atoms with Gasteiger partial charge >= 0.3 is 5.97 Å². The molecule has 2 amide bonds. The van der Waals surface area contributed by atoms with Crippen LogP contribution in [0.3, 0.4) is 0 Å². The van der Waals surface area contributed by atoms with Gasteiger partial charge in [0.1, 0.15) is 6.54 Å². The van der Waals surface area contributed by atoms with E-state index in [-0.39, 0.29) is 23.0 Å². The Morgan fingerprint density at radius 1 is 1.19 bits per heavy atom. The number of rotatable bonds is 3. The van der Waals surface area contributed by atoms with Crippen LogP contribution in [0.1, 0.15) is 17.3 Å². The van der Waals surface area contributed by atoms with Crippen molar-refractivity contribution in [3.63, 3.8) is 0 Å². The molecule has 1 N–H and O–H groups in total. The second-order valence-electron chi connectivity index (χ2n) is 5.66. The van der Waals surface area contributed by atoms with E-state index in [4.69, 9.17) is 27.9 Å². The minimum atomic E-state index is -1.10. The summed E-state index contributed by atoms with van der Waals surface area (Å²) in [5.74, 6) is -1.58. The summed E-state index contributed by atoms with van der Waals surface area (Å²) in [4.78, 5) is 38.1. The van der Waals surface area contributed by atoms with Crippen molar-refractivity contribution in [3.8, 4) is 0 Å². The molecule has 0 fully saturated rings. The Hall–Kier alpha value is -2.57. The van der Waals surface area contributed by atoms with E-state index in [1.165, 1.54) is 30.0 Å². The van der Waals surface area contributed by atoms with Gasteiger partial charge in [0.2, 0.25) is 5.91 Å². The number of fused-ring (bicyclic) bond motifs is 1. The minimum absolute atomic E-state index is 0.104. The van der Waals surface area contributed by atoms with Crippen molar-refractivity contribution in [2.45, 2.75) is 13.0 Å². The molecule has 1 atom stereocenters. The normalized spacial score (nSPS) is 14.3. The van der Waals surface area contributed by atoms with Crippen LogP contribution in [-0.4, -0.2) is 30.4 Å². The van der Waals surface area contributed by atoms with Crippen molar-refractivity contribution in [2.24, 2.45) is 0 Å². The average molecular weight is 393 g/mol. The Balaban J connectivity index is 1.78. The Bertz CT molecular complexity index is 901. The maximum Gasteiger partial charge on any atom is 0.340 e. The molecule has 1 aliphatic rings. The molecule has 1 aliphatic heterocycles. The van der Waals surface area contributed by atoms with Crippen LogP contribution in [0.2, 0.25) is 10.0 Å². The number of nitrogens with one attached hydrogen (secondary N) is 1. The monoisotopic (exact) mass is 392 g/mol. The van der Waals surface area contributed by atoms with Gasteiger partial charge in [-0.2, -0.15) is 0 Å². The molecular weight excluding hydrogens is 379 g/mol. The van der Waals surface area contributed by atoms with Gasteiger partial charge in [0.15, 0.2) is 6.10 Å². The molecule has 0 bridgehead atoms. The smallest absolute Gasteiger partial charge is 0.340 e. The lowest BCUT2D eigenvalue weighted by Crippen LogP contribution is -2.47. The van der Waals surface area contributed by atoms with Crippen molar-refractivity contribution < 1.29 is 19.1 Å². The number of amides is 2. The van der Waals surface area contributed by atoms with Crippen LogP contribution in [-0.2, 0) is 14.3 Å². The van der Waals surface area contributed by atoms with Gasteiger partial charge in [0.05, 0.1) is 22.0 Å². The second kappa shape index (κ2) is 7.35. The lowest BCUT2D eigenvalue weighted by Gasteiger charge is -2.30. The fraction of sp³-hybridized carbons (Fsp3) is 0.167. The molecule has 6 nitrogen and oxygen atoms in total. The number of hydrogen-bond donors (Lipinski definition) is 1. The average Bonchev–Trinajstić information content (AvgIpc) is 2.60. The number of carbonyl (C=O) groups excluding carboxylic acids is 3. The Kier molecular flexibility index (Phi) is 5.15. The summed E-state index contributed by atoms with van der Waals surface area (Å²) >= 11 is 11.8. The zero-order chi connectivity index (χ0) is 18.8. The van der Waals surface area contributed by atoms with Crippen molar-refractivity contribution in [2.75, 3.05) is 16.8 Å². The lowest BCUT2D eigenvalue weighted by molar-refractivity contribution is -0.128. The van der Waals surface area contributed by atoms with Crippen LogP contribution in [0.25, 0.3) is 0 Å². The summed E-state index contributed by atoms with van der Waals surface area (Å²) < 4.78 is 5.23. The zero-order valence-electron chi connectivity index (χ0n) is 13.7. The molecule has 0 spiro atoms. The van der Waals surface area contributed by atoms with E-state index >= 15 is 0 Å². The van der Waals surface area contributed by atoms with Crippen molar-refractivity contribution in [1.82, 2.24) is 0 Å². The topological polar surface area (TPSA) is 75.7 Å². The van der Waals surface area contributed by atoms with Gasteiger partial charge in [-0.1, -0.05) is 35.3 Å². The Morgan fingerprint density at radius 2 is 1.92 bits per heavy atom. The minimum Gasteiger partial charge on any atom is -0.449 e. The summed E-state index contributed by atoms with van der Waals surface area (Å²) in [6, 6.07) is 11.2. The second-order valence-corrected chi connectivity index (χ2v) is 6.51. The van der Waals surface area contributed by atoms with Gasteiger partial charge < -0.3 is 10.1 Å². The maximum atomic E-state index is 12.7. The fourth-order valence-corrected chi connectivity index (χ4v) is 3.06. The van der Waals surface area contributed by atoms with Gasteiger partial charge in [-0.3, -0.25) is 14.5 Å². The fourth-order valence-electron chi connectivity index (χ4n) is 2.58. The molecule has 3 rings (SSSR count). The van der Waals surface area contributed by atoms with Crippen molar-refractivity contribution in [3.05, 3.63) is 58.1 Å². The molecular formula is C18H14Cl2N2O4. The predicted molar refractivity (Wildman–Crippen MR) is 98.8 cm³/mol. The molecule has 0 radical (unpaired) electrons. The first kappa shape index (κ1) is 18.2. The molecule has 2 aromatic rings.